The maximum Gasteiger partial charge on any atom is 0.357 e. The van der Waals surface area contributed by atoms with E-state index in [1.807, 2.05) is 6.92 Å². The number of ether oxygens (including phenoxy) is 2. The van der Waals surface area contributed by atoms with Gasteiger partial charge in [0.25, 0.3) is 0 Å². The molecule has 28 heavy (non-hydrogen) atoms. The van der Waals surface area contributed by atoms with Crippen LogP contribution in [0.5, 0.6) is 0 Å². The molecular formula is C21H21NO6. The van der Waals surface area contributed by atoms with Crippen molar-refractivity contribution in [3.05, 3.63) is 59.5 Å². The van der Waals surface area contributed by atoms with E-state index in [4.69, 9.17) is 13.9 Å². The molecule has 0 spiro atoms. The molecule has 0 saturated carbocycles. The van der Waals surface area contributed by atoms with E-state index in [0.717, 1.165) is 5.56 Å². The second kappa shape index (κ2) is 8.56. The number of hydrogen-bond acceptors (Lipinski definition) is 6. The summed E-state index contributed by atoms with van der Waals surface area (Å²) in [6.07, 6.45) is 1.60. The number of esters is 2. The van der Waals surface area contributed by atoms with Crippen LogP contribution in [0.15, 0.2) is 47.1 Å². The summed E-state index contributed by atoms with van der Waals surface area (Å²) in [4.78, 5) is 39.0. The molecule has 0 aliphatic rings. The first kappa shape index (κ1) is 19.4. The molecule has 0 fully saturated rings. The Balaban J connectivity index is 1.60. The Labute approximate surface area is 161 Å². The summed E-state index contributed by atoms with van der Waals surface area (Å²) in [6.45, 7) is 3.55. The second-order valence-electron chi connectivity index (χ2n) is 6.30. The number of nitrogens with one attached hydrogen (secondary N) is 1. The Morgan fingerprint density at radius 2 is 1.75 bits per heavy atom. The number of rotatable bonds is 8. The highest BCUT2D eigenvalue weighted by atomic mass is 16.7. The van der Waals surface area contributed by atoms with Crippen molar-refractivity contribution >= 4 is 28.8 Å². The van der Waals surface area contributed by atoms with Gasteiger partial charge in [-0.2, -0.15) is 0 Å². The molecule has 1 unspecified atom stereocenters. The molecule has 0 saturated heterocycles. The number of aromatic amines is 1. The summed E-state index contributed by atoms with van der Waals surface area (Å²) in [7, 11) is 0. The van der Waals surface area contributed by atoms with Gasteiger partial charge in [0.15, 0.2) is 5.58 Å². The van der Waals surface area contributed by atoms with Crippen molar-refractivity contribution in [2.24, 2.45) is 0 Å². The Morgan fingerprint density at radius 1 is 1.04 bits per heavy atom. The largest absolute Gasteiger partial charge is 0.463 e. The molecule has 0 aliphatic heterocycles. The number of ketones is 1. The molecule has 1 N–H and O–H groups in total. The maximum atomic E-state index is 12.3. The van der Waals surface area contributed by atoms with Crippen LogP contribution in [0.3, 0.4) is 0 Å². The number of hydrogen-bond donors (Lipinski definition) is 1. The van der Waals surface area contributed by atoms with Crippen molar-refractivity contribution in [2.75, 3.05) is 0 Å². The van der Waals surface area contributed by atoms with Crippen LogP contribution < -0.4 is 0 Å². The Morgan fingerprint density at radius 3 is 2.39 bits per heavy atom. The average Bonchev–Trinajstić information content (AvgIpc) is 3.30. The van der Waals surface area contributed by atoms with E-state index < -0.39 is 18.2 Å². The molecule has 0 bridgehead atoms. The summed E-state index contributed by atoms with van der Waals surface area (Å²) in [5.74, 6) is -1.11. The van der Waals surface area contributed by atoms with Crippen molar-refractivity contribution in [1.29, 1.82) is 0 Å². The predicted molar refractivity (Wildman–Crippen MR) is 101 cm³/mol. The van der Waals surface area contributed by atoms with Gasteiger partial charge < -0.3 is 18.9 Å². The molecular weight excluding hydrogens is 362 g/mol. The van der Waals surface area contributed by atoms with Crippen molar-refractivity contribution in [1.82, 2.24) is 4.98 Å². The molecule has 0 amide bonds. The number of Topliss-reactive ketones (excluding diaryl/α,β-unsaturated/α-hetero) is 1. The highest BCUT2D eigenvalue weighted by Gasteiger charge is 2.21. The summed E-state index contributed by atoms with van der Waals surface area (Å²) in [5.41, 5.74) is 2.59. The fourth-order valence-electron chi connectivity index (χ4n) is 2.63. The van der Waals surface area contributed by atoms with E-state index in [9.17, 15) is 14.4 Å². The molecule has 7 heteroatoms. The highest BCUT2D eigenvalue weighted by molar-refractivity contribution is 5.93. The van der Waals surface area contributed by atoms with E-state index >= 15 is 0 Å². The average molecular weight is 383 g/mol. The van der Waals surface area contributed by atoms with Gasteiger partial charge in [-0.3, -0.25) is 4.79 Å². The Kier molecular flexibility index (Phi) is 5.93. The van der Waals surface area contributed by atoms with Crippen LogP contribution in [0.25, 0.3) is 11.1 Å². The first-order chi connectivity index (χ1) is 13.5. The maximum absolute atomic E-state index is 12.3. The first-order valence-electron chi connectivity index (χ1n) is 9.09. The minimum absolute atomic E-state index is 0.129. The molecule has 3 rings (SSSR count). The van der Waals surface area contributed by atoms with Gasteiger partial charge in [-0.1, -0.05) is 26.0 Å². The quantitative estimate of drug-likeness (QED) is 0.466. The SMILES string of the molecule is CCC(=O)Cc1ccc(C(=O)OC(CC)OC(=O)c2cc3occc3[nH]2)cc1. The van der Waals surface area contributed by atoms with Crippen LogP contribution in [-0.4, -0.2) is 29.0 Å². The zero-order chi connectivity index (χ0) is 20.1. The molecule has 146 valence electrons. The zero-order valence-corrected chi connectivity index (χ0v) is 15.7. The third-order valence-electron chi connectivity index (χ3n) is 4.26. The number of fused-ring (bicyclic) bond motifs is 1. The number of aromatic nitrogens is 1. The fraction of sp³-hybridized carbons (Fsp3) is 0.286. The lowest BCUT2D eigenvalue weighted by Gasteiger charge is -2.16. The lowest BCUT2D eigenvalue weighted by molar-refractivity contribution is -0.118. The summed E-state index contributed by atoms with van der Waals surface area (Å²) < 4.78 is 15.8. The van der Waals surface area contributed by atoms with Gasteiger partial charge in [0.05, 0.1) is 17.3 Å². The summed E-state index contributed by atoms with van der Waals surface area (Å²) in [5, 5.41) is 0. The van der Waals surface area contributed by atoms with Crippen LogP contribution in [0.4, 0.5) is 0 Å². The number of H-pyrrole nitrogens is 1. The molecule has 1 atom stereocenters. The van der Waals surface area contributed by atoms with Gasteiger partial charge in [0.2, 0.25) is 6.29 Å². The van der Waals surface area contributed by atoms with Crippen molar-refractivity contribution in [3.63, 3.8) is 0 Å². The summed E-state index contributed by atoms with van der Waals surface area (Å²) in [6, 6.07) is 9.84. The van der Waals surface area contributed by atoms with Crippen molar-refractivity contribution in [2.45, 2.75) is 39.4 Å². The van der Waals surface area contributed by atoms with Crippen molar-refractivity contribution in [3.8, 4) is 0 Å². The van der Waals surface area contributed by atoms with E-state index in [1.54, 1.807) is 37.3 Å². The van der Waals surface area contributed by atoms with E-state index in [0.29, 0.717) is 35.9 Å². The third kappa shape index (κ3) is 4.49. The summed E-state index contributed by atoms with van der Waals surface area (Å²) >= 11 is 0. The van der Waals surface area contributed by atoms with E-state index in [2.05, 4.69) is 4.98 Å². The normalized spacial score (nSPS) is 11.9. The number of carbonyl (C=O) groups is 3. The zero-order valence-electron chi connectivity index (χ0n) is 15.7. The van der Waals surface area contributed by atoms with Gasteiger partial charge in [0.1, 0.15) is 11.5 Å². The van der Waals surface area contributed by atoms with Crippen LogP contribution in [-0.2, 0) is 20.7 Å². The Bertz CT molecular complexity index is 953. The second-order valence-corrected chi connectivity index (χ2v) is 6.30. The topological polar surface area (TPSA) is 98.6 Å². The molecule has 0 aliphatic carbocycles. The number of furan rings is 1. The van der Waals surface area contributed by atoms with Gasteiger partial charge >= 0.3 is 11.9 Å². The van der Waals surface area contributed by atoms with E-state index in [1.165, 1.54) is 12.3 Å². The monoisotopic (exact) mass is 383 g/mol. The van der Waals surface area contributed by atoms with Gasteiger partial charge in [0, 0.05) is 31.4 Å². The minimum atomic E-state index is -1.02. The minimum Gasteiger partial charge on any atom is -0.463 e. The third-order valence-corrected chi connectivity index (χ3v) is 4.26. The highest BCUT2D eigenvalue weighted by Crippen LogP contribution is 2.18. The predicted octanol–water partition coefficient (Wildman–Crippen LogP) is 4.03. The Hall–Kier alpha value is -3.35. The standard InChI is InChI=1S/C21H21NO6/c1-3-15(23)11-13-5-7-14(8-6-13)20(24)27-19(4-2)28-21(25)17-12-18-16(22-17)9-10-26-18/h5-10,12,19,22H,3-4,11H2,1-2H3. The van der Waals surface area contributed by atoms with Crippen molar-refractivity contribution < 1.29 is 28.3 Å². The molecule has 7 nitrogen and oxygen atoms in total. The van der Waals surface area contributed by atoms with Crippen LogP contribution in [0, 0.1) is 0 Å². The smallest absolute Gasteiger partial charge is 0.357 e. The van der Waals surface area contributed by atoms with Gasteiger partial charge in [-0.25, -0.2) is 9.59 Å². The lowest BCUT2D eigenvalue weighted by atomic mass is 10.1. The van der Waals surface area contributed by atoms with Gasteiger partial charge in [-0.05, 0) is 17.7 Å². The molecule has 2 aromatic heterocycles. The number of benzene rings is 1. The molecule has 3 aromatic rings. The van der Waals surface area contributed by atoms with Crippen LogP contribution in [0.2, 0.25) is 0 Å². The van der Waals surface area contributed by atoms with Gasteiger partial charge in [-0.15, -0.1) is 0 Å². The molecule has 2 heterocycles. The van der Waals surface area contributed by atoms with Crippen LogP contribution >= 0.6 is 0 Å². The number of carbonyl (C=O) groups excluding carboxylic acids is 3. The first-order valence-corrected chi connectivity index (χ1v) is 9.09. The molecule has 0 radical (unpaired) electrons. The fourth-order valence-corrected chi connectivity index (χ4v) is 2.63. The van der Waals surface area contributed by atoms with E-state index in [-0.39, 0.29) is 11.5 Å². The lowest BCUT2D eigenvalue weighted by Crippen LogP contribution is -2.24. The van der Waals surface area contributed by atoms with Crippen LogP contribution in [0.1, 0.15) is 53.1 Å². The molecule has 1 aromatic carbocycles.